The van der Waals surface area contributed by atoms with Crippen LogP contribution >= 0.6 is 11.6 Å². The largest absolute Gasteiger partial charge is 0.508 e. The lowest BCUT2D eigenvalue weighted by atomic mass is 9.81. The molecule has 1 N–H and O–H groups in total. The number of hydrogen-bond donors (Lipinski definition) is 1. The highest BCUT2D eigenvalue weighted by molar-refractivity contribution is 6.31. The van der Waals surface area contributed by atoms with Crippen LogP contribution in [0.3, 0.4) is 0 Å². The number of carbonyl (C=O) groups excluding carboxylic acids is 1. The lowest BCUT2D eigenvalue weighted by Crippen LogP contribution is -2.49. The summed E-state index contributed by atoms with van der Waals surface area (Å²) in [6.45, 7) is 10.9. The Morgan fingerprint density at radius 3 is 2.28 bits per heavy atom. The van der Waals surface area contributed by atoms with Gasteiger partial charge in [-0.15, -0.1) is 0 Å². The van der Waals surface area contributed by atoms with Crippen LogP contribution in [0.15, 0.2) is 42.2 Å². The lowest BCUT2D eigenvalue weighted by molar-refractivity contribution is -0.158. The number of benzene rings is 2. The predicted octanol–water partition coefficient (Wildman–Crippen LogP) is 6.43. The predicted molar refractivity (Wildman–Crippen MR) is 116 cm³/mol. The first kappa shape index (κ1) is 21.4. The maximum atomic E-state index is 13.2. The van der Waals surface area contributed by atoms with Crippen LogP contribution in [-0.2, 0) is 16.0 Å². The fourth-order valence-corrected chi connectivity index (χ4v) is 3.79. The minimum atomic E-state index is -1.04. The molecule has 29 heavy (non-hydrogen) atoms. The van der Waals surface area contributed by atoms with Crippen molar-refractivity contribution in [2.75, 3.05) is 0 Å². The maximum absolute atomic E-state index is 13.2. The Balaban J connectivity index is 2.12. The highest BCUT2D eigenvalue weighted by atomic mass is 35.5. The summed E-state index contributed by atoms with van der Waals surface area (Å²) in [6.07, 6.45) is 0.710. The van der Waals surface area contributed by atoms with Gasteiger partial charge in [0.15, 0.2) is 5.78 Å². The van der Waals surface area contributed by atoms with Crippen LogP contribution in [0.1, 0.15) is 51.3 Å². The first-order valence-corrected chi connectivity index (χ1v) is 10.1. The van der Waals surface area contributed by atoms with Gasteiger partial charge >= 0.3 is 0 Å². The van der Waals surface area contributed by atoms with Crippen LogP contribution in [0, 0.1) is 6.92 Å². The average molecular weight is 415 g/mol. The van der Waals surface area contributed by atoms with Crippen molar-refractivity contribution >= 4 is 23.0 Å². The molecule has 2 aromatic rings. The molecule has 0 spiro atoms. The summed E-state index contributed by atoms with van der Waals surface area (Å²) in [5, 5.41) is 11.6. The third-order valence-corrected chi connectivity index (χ3v) is 5.61. The summed E-state index contributed by atoms with van der Waals surface area (Å²) >= 11 is 6.10. The van der Waals surface area contributed by atoms with Crippen LogP contribution in [-0.4, -0.2) is 22.1 Å². The summed E-state index contributed by atoms with van der Waals surface area (Å²) in [5.41, 5.74) is 0.817. The fraction of sp³-hybridized carbons (Fsp3) is 0.375. The molecule has 1 aliphatic rings. The minimum Gasteiger partial charge on any atom is -0.508 e. The molecule has 0 aliphatic carbocycles. The van der Waals surface area contributed by atoms with E-state index in [2.05, 4.69) is 0 Å². The number of ether oxygens (including phenoxy) is 2. The zero-order valence-corrected chi connectivity index (χ0v) is 18.5. The van der Waals surface area contributed by atoms with Gasteiger partial charge in [0.25, 0.3) is 0 Å². The Kier molecular flexibility index (Phi) is 5.54. The molecule has 0 fully saturated rings. The van der Waals surface area contributed by atoms with Crippen molar-refractivity contribution in [3.63, 3.8) is 0 Å². The molecule has 2 aromatic carbocycles. The Hall–Kier alpha value is -2.30. The molecule has 1 aliphatic heterocycles. The first-order chi connectivity index (χ1) is 13.5. The van der Waals surface area contributed by atoms with Gasteiger partial charge in [0.05, 0.1) is 5.57 Å². The normalized spacial score (nSPS) is 18.1. The van der Waals surface area contributed by atoms with E-state index in [1.807, 2.05) is 38.1 Å². The topological polar surface area (TPSA) is 55.8 Å². The van der Waals surface area contributed by atoms with E-state index in [-0.39, 0.29) is 11.5 Å². The van der Waals surface area contributed by atoms with E-state index < -0.39 is 11.2 Å². The van der Waals surface area contributed by atoms with Gasteiger partial charge in [-0.05, 0) is 88.1 Å². The van der Waals surface area contributed by atoms with Gasteiger partial charge in [-0.3, -0.25) is 4.79 Å². The third kappa shape index (κ3) is 4.05. The van der Waals surface area contributed by atoms with Gasteiger partial charge in [-0.2, -0.15) is 0 Å². The number of ketones is 1. The Morgan fingerprint density at radius 1 is 1.03 bits per heavy atom. The van der Waals surface area contributed by atoms with E-state index in [9.17, 15) is 9.90 Å². The number of aryl methyl sites for hydroxylation is 2. The zero-order valence-electron chi connectivity index (χ0n) is 17.7. The SMILES string of the molecule is CCc1ccc(Oc2ccc(Cl)c(C)c2)cc1C1=C(O)C(C)(C)OC(C)(C)C1=O. The number of aliphatic hydroxyl groups excluding tert-OH is 1. The number of carbonyl (C=O) groups is 1. The maximum Gasteiger partial charge on any atom is 0.198 e. The van der Waals surface area contributed by atoms with E-state index in [1.54, 1.807) is 39.8 Å². The lowest BCUT2D eigenvalue weighted by Gasteiger charge is -2.40. The molecule has 3 rings (SSSR count). The smallest absolute Gasteiger partial charge is 0.198 e. The molecule has 0 radical (unpaired) electrons. The average Bonchev–Trinajstić information content (AvgIpc) is 2.63. The third-order valence-electron chi connectivity index (χ3n) is 5.19. The van der Waals surface area contributed by atoms with Crippen LogP contribution in [0.25, 0.3) is 5.57 Å². The zero-order chi connectivity index (χ0) is 21.6. The van der Waals surface area contributed by atoms with Crippen LogP contribution < -0.4 is 4.74 Å². The van der Waals surface area contributed by atoms with Gasteiger partial charge in [0, 0.05) is 5.02 Å². The second-order valence-corrected chi connectivity index (χ2v) is 8.77. The van der Waals surface area contributed by atoms with E-state index in [1.165, 1.54) is 0 Å². The van der Waals surface area contributed by atoms with Gasteiger partial charge < -0.3 is 14.6 Å². The number of rotatable bonds is 4. The monoisotopic (exact) mass is 414 g/mol. The summed E-state index contributed by atoms with van der Waals surface area (Å²) in [5.74, 6) is 0.924. The molecule has 0 aromatic heterocycles. The summed E-state index contributed by atoms with van der Waals surface area (Å²) in [4.78, 5) is 13.2. The number of hydrogen-bond acceptors (Lipinski definition) is 4. The van der Waals surface area contributed by atoms with Gasteiger partial charge in [-0.1, -0.05) is 24.6 Å². The molecule has 5 heteroatoms. The molecule has 0 bridgehead atoms. The Morgan fingerprint density at radius 2 is 1.66 bits per heavy atom. The molecular formula is C24H27ClO4. The molecule has 0 atom stereocenters. The highest BCUT2D eigenvalue weighted by Crippen LogP contribution is 2.42. The number of Topliss-reactive ketones (excluding diaryl/α,β-unsaturated/α-hetero) is 1. The molecule has 0 saturated heterocycles. The van der Waals surface area contributed by atoms with Crippen molar-refractivity contribution < 1.29 is 19.4 Å². The van der Waals surface area contributed by atoms with E-state index in [4.69, 9.17) is 21.1 Å². The van der Waals surface area contributed by atoms with Crippen molar-refractivity contribution in [1.29, 1.82) is 0 Å². The van der Waals surface area contributed by atoms with E-state index in [0.717, 1.165) is 11.1 Å². The summed E-state index contributed by atoms with van der Waals surface area (Å²) in [6, 6.07) is 11.0. The van der Waals surface area contributed by atoms with Crippen molar-refractivity contribution in [3.8, 4) is 11.5 Å². The minimum absolute atomic E-state index is 0.0592. The molecule has 0 saturated carbocycles. The molecule has 154 valence electrons. The molecule has 0 unspecified atom stereocenters. The standard InChI is InChI=1S/C24H27ClO4/c1-7-15-8-9-17(28-16-10-11-19(25)14(2)12-16)13-18(15)20-21(26)23(3,4)29-24(5,6)22(20)27/h8-13,26H,7H2,1-6H3. The van der Waals surface area contributed by atoms with E-state index >= 15 is 0 Å². The summed E-state index contributed by atoms with van der Waals surface area (Å²) in [7, 11) is 0. The van der Waals surface area contributed by atoms with Crippen molar-refractivity contribution in [1.82, 2.24) is 0 Å². The van der Waals surface area contributed by atoms with Crippen molar-refractivity contribution in [2.24, 2.45) is 0 Å². The van der Waals surface area contributed by atoms with Gasteiger partial charge in [0.1, 0.15) is 28.5 Å². The molecule has 1 heterocycles. The second kappa shape index (κ2) is 7.51. The van der Waals surface area contributed by atoms with Gasteiger partial charge in [0.2, 0.25) is 0 Å². The molecule has 4 nitrogen and oxygen atoms in total. The fourth-order valence-electron chi connectivity index (χ4n) is 3.67. The first-order valence-electron chi connectivity index (χ1n) is 9.72. The molecule has 0 amide bonds. The van der Waals surface area contributed by atoms with Crippen LogP contribution in [0.5, 0.6) is 11.5 Å². The van der Waals surface area contributed by atoms with Crippen LogP contribution in [0.2, 0.25) is 5.02 Å². The van der Waals surface area contributed by atoms with Crippen LogP contribution in [0.4, 0.5) is 0 Å². The Bertz CT molecular complexity index is 1000. The molecular weight excluding hydrogens is 388 g/mol. The summed E-state index contributed by atoms with van der Waals surface area (Å²) < 4.78 is 11.9. The van der Waals surface area contributed by atoms with Gasteiger partial charge in [-0.25, -0.2) is 0 Å². The number of aliphatic hydroxyl groups is 1. The van der Waals surface area contributed by atoms with E-state index in [0.29, 0.717) is 34.1 Å². The van der Waals surface area contributed by atoms with Crippen molar-refractivity contribution in [2.45, 2.75) is 59.2 Å². The Labute approximate surface area is 177 Å². The van der Waals surface area contributed by atoms with Crippen molar-refractivity contribution in [3.05, 3.63) is 63.9 Å². The second-order valence-electron chi connectivity index (χ2n) is 8.36. The quantitative estimate of drug-likeness (QED) is 0.626. The highest BCUT2D eigenvalue weighted by Gasteiger charge is 2.47. The number of halogens is 1.